The molecular weight excluding hydrogens is 226 g/mol. The van der Waals surface area contributed by atoms with Crippen LogP contribution in [-0.4, -0.2) is 11.7 Å². The first-order valence-corrected chi connectivity index (χ1v) is 5.91. The van der Waals surface area contributed by atoms with Crippen LogP contribution in [0.5, 0.6) is 0 Å². The normalized spacial score (nSPS) is 9.94. The molecule has 3 nitrogen and oxygen atoms in total. The highest BCUT2D eigenvalue weighted by Crippen LogP contribution is 2.12. The number of Topliss-reactive ketones (excluding diaryl/α,β-unsaturated/α-hetero) is 1. The summed E-state index contributed by atoms with van der Waals surface area (Å²) in [5.74, 6) is 0.0156. The zero-order valence-corrected chi connectivity index (χ0v) is 11.2. The van der Waals surface area contributed by atoms with Crippen LogP contribution in [-0.2, 0) is 22.6 Å². The van der Waals surface area contributed by atoms with Crippen molar-refractivity contribution in [2.45, 2.75) is 33.7 Å². The number of carbonyl (C=O) groups is 2. The minimum Gasteiger partial charge on any atom is -0.348 e. The number of rotatable bonds is 5. The van der Waals surface area contributed by atoms with Gasteiger partial charge in [0, 0.05) is 18.5 Å². The molecule has 1 aromatic rings. The van der Waals surface area contributed by atoms with Gasteiger partial charge in [0.05, 0.1) is 0 Å². The Morgan fingerprint density at radius 2 is 1.94 bits per heavy atom. The SMILES string of the molecule is C=C(C)C(=O)NCc1ccc(CC(C)=O)c(C)c1. The number of amides is 1. The summed E-state index contributed by atoms with van der Waals surface area (Å²) in [5, 5.41) is 2.78. The topological polar surface area (TPSA) is 46.2 Å². The van der Waals surface area contributed by atoms with Gasteiger partial charge in [-0.1, -0.05) is 24.8 Å². The lowest BCUT2D eigenvalue weighted by molar-refractivity contribution is -0.118. The molecule has 0 radical (unpaired) electrons. The Balaban J connectivity index is 2.70. The van der Waals surface area contributed by atoms with Crippen molar-refractivity contribution in [2.24, 2.45) is 0 Å². The van der Waals surface area contributed by atoms with Crippen LogP contribution in [0.15, 0.2) is 30.4 Å². The maximum Gasteiger partial charge on any atom is 0.246 e. The minimum absolute atomic E-state index is 0.138. The molecule has 1 N–H and O–H groups in total. The summed E-state index contributed by atoms with van der Waals surface area (Å²) in [6.07, 6.45) is 0.463. The van der Waals surface area contributed by atoms with E-state index in [1.165, 1.54) is 0 Å². The Labute approximate surface area is 108 Å². The molecular formula is C15H19NO2. The van der Waals surface area contributed by atoms with Crippen molar-refractivity contribution < 1.29 is 9.59 Å². The minimum atomic E-state index is -0.138. The third-order valence-electron chi connectivity index (χ3n) is 2.69. The lowest BCUT2D eigenvalue weighted by atomic mass is 10.0. The molecule has 0 aliphatic heterocycles. The smallest absolute Gasteiger partial charge is 0.246 e. The fourth-order valence-corrected chi connectivity index (χ4v) is 1.67. The van der Waals surface area contributed by atoms with Gasteiger partial charge in [-0.25, -0.2) is 0 Å². The van der Waals surface area contributed by atoms with Crippen LogP contribution >= 0.6 is 0 Å². The molecule has 0 saturated heterocycles. The molecule has 3 heteroatoms. The van der Waals surface area contributed by atoms with E-state index < -0.39 is 0 Å². The molecule has 0 fully saturated rings. The average molecular weight is 245 g/mol. The van der Waals surface area contributed by atoms with Gasteiger partial charge in [-0.05, 0) is 37.5 Å². The monoisotopic (exact) mass is 245 g/mol. The van der Waals surface area contributed by atoms with E-state index in [0.717, 1.165) is 16.7 Å². The molecule has 1 amide bonds. The third kappa shape index (κ3) is 4.17. The number of aryl methyl sites for hydroxylation is 1. The zero-order valence-electron chi connectivity index (χ0n) is 11.2. The van der Waals surface area contributed by atoms with E-state index in [4.69, 9.17) is 0 Å². The summed E-state index contributed by atoms with van der Waals surface area (Å²) in [6.45, 7) is 9.30. The van der Waals surface area contributed by atoms with Crippen molar-refractivity contribution in [2.75, 3.05) is 0 Å². The molecule has 0 heterocycles. The molecule has 1 aromatic carbocycles. The second kappa shape index (κ2) is 6.15. The van der Waals surface area contributed by atoms with Crippen molar-refractivity contribution in [3.63, 3.8) is 0 Å². The first kappa shape index (κ1) is 14.2. The number of nitrogens with one attached hydrogen (secondary N) is 1. The molecule has 0 bridgehead atoms. The Kier molecular flexibility index (Phi) is 4.84. The maximum atomic E-state index is 11.4. The average Bonchev–Trinajstić information content (AvgIpc) is 2.28. The summed E-state index contributed by atoms with van der Waals surface area (Å²) in [4.78, 5) is 22.4. The van der Waals surface area contributed by atoms with Crippen LogP contribution in [0.1, 0.15) is 30.5 Å². The van der Waals surface area contributed by atoms with Gasteiger partial charge < -0.3 is 5.32 Å². The highest BCUT2D eigenvalue weighted by molar-refractivity contribution is 5.92. The Morgan fingerprint density at radius 1 is 1.28 bits per heavy atom. The van der Waals surface area contributed by atoms with E-state index in [2.05, 4.69) is 11.9 Å². The van der Waals surface area contributed by atoms with Crippen LogP contribution in [0.4, 0.5) is 0 Å². The highest BCUT2D eigenvalue weighted by Gasteiger charge is 2.05. The predicted molar refractivity (Wildman–Crippen MR) is 72.2 cm³/mol. The first-order valence-electron chi connectivity index (χ1n) is 5.91. The number of ketones is 1. The molecule has 96 valence electrons. The van der Waals surface area contributed by atoms with Crippen LogP contribution in [0.25, 0.3) is 0 Å². The Morgan fingerprint density at radius 3 is 2.44 bits per heavy atom. The number of carbonyl (C=O) groups excluding carboxylic acids is 2. The largest absolute Gasteiger partial charge is 0.348 e. The molecule has 0 atom stereocenters. The van der Waals surface area contributed by atoms with Crippen LogP contribution in [0, 0.1) is 6.92 Å². The summed E-state index contributed by atoms with van der Waals surface area (Å²) >= 11 is 0. The summed E-state index contributed by atoms with van der Waals surface area (Å²) in [6, 6.07) is 5.87. The number of hydrogen-bond donors (Lipinski definition) is 1. The Bertz CT molecular complexity index is 489. The van der Waals surface area contributed by atoms with Crippen molar-refractivity contribution in [3.05, 3.63) is 47.0 Å². The van der Waals surface area contributed by atoms with Crippen LogP contribution in [0.3, 0.4) is 0 Å². The van der Waals surface area contributed by atoms with E-state index in [1.807, 2.05) is 25.1 Å². The standard InChI is InChI=1S/C15H19NO2/c1-10(2)15(18)16-9-13-5-6-14(8-12(4)17)11(3)7-13/h5-7H,1,8-9H2,2-4H3,(H,16,18). The predicted octanol–water partition coefficient (Wildman–Crippen LogP) is 2.32. The van der Waals surface area contributed by atoms with Gasteiger partial charge in [-0.2, -0.15) is 0 Å². The van der Waals surface area contributed by atoms with Crippen LogP contribution in [0.2, 0.25) is 0 Å². The highest BCUT2D eigenvalue weighted by atomic mass is 16.1. The van der Waals surface area contributed by atoms with Gasteiger partial charge in [0.25, 0.3) is 0 Å². The molecule has 0 aliphatic carbocycles. The van der Waals surface area contributed by atoms with Crippen molar-refractivity contribution >= 4 is 11.7 Å². The fraction of sp³-hybridized carbons (Fsp3) is 0.333. The lowest BCUT2D eigenvalue weighted by Gasteiger charge is -2.08. The zero-order chi connectivity index (χ0) is 13.7. The molecule has 18 heavy (non-hydrogen) atoms. The van der Waals surface area contributed by atoms with E-state index in [-0.39, 0.29) is 11.7 Å². The van der Waals surface area contributed by atoms with Gasteiger partial charge in [0.1, 0.15) is 5.78 Å². The van der Waals surface area contributed by atoms with Gasteiger partial charge in [-0.3, -0.25) is 9.59 Å². The van der Waals surface area contributed by atoms with Gasteiger partial charge in [0.15, 0.2) is 0 Å². The van der Waals surface area contributed by atoms with E-state index in [0.29, 0.717) is 18.5 Å². The number of hydrogen-bond acceptors (Lipinski definition) is 2. The van der Waals surface area contributed by atoms with E-state index in [1.54, 1.807) is 13.8 Å². The maximum absolute atomic E-state index is 11.4. The van der Waals surface area contributed by atoms with Gasteiger partial charge in [-0.15, -0.1) is 0 Å². The Hall–Kier alpha value is -1.90. The molecule has 0 saturated carbocycles. The summed E-state index contributed by atoms with van der Waals surface area (Å²) in [5.41, 5.74) is 3.64. The quantitative estimate of drug-likeness (QED) is 0.809. The van der Waals surface area contributed by atoms with Crippen molar-refractivity contribution in [1.82, 2.24) is 5.32 Å². The first-order chi connectivity index (χ1) is 8.40. The molecule has 0 unspecified atom stereocenters. The van der Waals surface area contributed by atoms with E-state index in [9.17, 15) is 9.59 Å². The van der Waals surface area contributed by atoms with Crippen LogP contribution < -0.4 is 5.32 Å². The van der Waals surface area contributed by atoms with Gasteiger partial charge >= 0.3 is 0 Å². The van der Waals surface area contributed by atoms with Crippen molar-refractivity contribution in [3.8, 4) is 0 Å². The molecule has 0 aromatic heterocycles. The summed E-state index contributed by atoms with van der Waals surface area (Å²) in [7, 11) is 0. The fourth-order valence-electron chi connectivity index (χ4n) is 1.67. The third-order valence-corrected chi connectivity index (χ3v) is 2.69. The number of benzene rings is 1. The lowest BCUT2D eigenvalue weighted by Crippen LogP contribution is -2.23. The summed E-state index contributed by atoms with van der Waals surface area (Å²) < 4.78 is 0. The van der Waals surface area contributed by atoms with Crippen molar-refractivity contribution in [1.29, 1.82) is 0 Å². The van der Waals surface area contributed by atoms with E-state index >= 15 is 0 Å². The second-order valence-corrected chi connectivity index (χ2v) is 4.60. The molecule has 1 rings (SSSR count). The van der Waals surface area contributed by atoms with Gasteiger partial charge in [0.2, 0.25) is 5.91 Å². The second-order valence-electron chi connectivity index (χ2n) is 4.60. The molecule has 0 spiro atoms. The molecule has 0 aliphatic rings.